The molecule has 2 N–H and O–H groups in total. The number of aromatic nitrogens is 4. The minimum absolute atomic E-state index is 0.216. The molecule has 198 valence electrons. The average Bonchev–Trinajstić information content (AvgIpc) is 3.37. The molecule has 0 spiro atoms. The van der Waals surface area contributed by atoms with Crippen LogP contribution in [0.2, 0.25) is 0 Å². The van der Waals surface area contributed by atoms with Gasteiger partial charge in [0.25, 0.3) is 0 Å². The van der Waals surface area contributed by atoms with Crippen LogP contribution in [0, 0.1) is 17.6 Å². The maximum atomic E-state index is 11.9. The number of hydrogen-bond acceptors (Lipinski definition) is 9. The lowest BCUT2D eigenvalue weighted by Gasteiger charge is -2.31. The Morgan fingerprint density at radius 1 is 0.784 bits per heavy atom. The number of nitrogens with zero attached hydrogens (tertiary/aromatic N) is 6. The number of nitrogens with two attached hydrogens (primary N) is 1. The predicted molar refractivity (Wildman–Crippen MR) is 137 cm³/mol. The van der Waals surface area contributed by atoms with E-state index in [1.807, 2.05) is 6.92 Å². The molecule has 4 heterocycles. The van der Waals surface area contributed by atoms with Crippen LogP contribution in [0.15, 0.2) is 49.1 Å². The van der Waals surface area contributed by atoms with Crippen LogP contribution < -0.4 is 25.0 Å². The second kappa shape index (κ2) is 13.1. The minimum Gasteiger partial charge on any atom is -0.491 e. The fourth-order valence-corrected chi connectivity index (χ4v) is 4.17. The van der Waals surface area contributed by atoms with Crippen molar-refractivity contribution in [1.29, 1.82) is 0 Å². The molecule has 9 nitrogen and oxygen atoms in total. The SMILES string of the molecule is CCOc1cnc(N2CCC(COc3cnc(N4CCC(N)C4)nc3)CC2)nc1.Fc1ccc(F)cc1. The summed E-state index contributed by atoms with van der Waals surface area (Å²) < 4.78 is 35.2. The van der Waals surface area contributed by atoms with Crippen molar-refractivity contribution in [2.24, 2.45) is 11.7 Å². The molecule has 5 rings (SSSR count). The molecule has 0 saturated carbocycles. The number of ether oxygens (including phenoxy) is 2. The fraction of sp³-hybridized carbons (Fsp3) is 0.462. The van der Waals surface area contributed by atoms with Gasteiger partial charge in [0.1, 0.15) is 11.6 Å². The first-order valence-corrected chi connectivity index (χ1v) is 12.6. The van der Waals surface area contributed by atoms with Gasteiger partial charge in [0, 0.05) is 32.2 Å². The summed E-state index contributed by atoms with van der Waals surface area (Å²) in [6.07, 6.45) is 10.1. The Bertz CT molecular complexity index is 1060. The van der Waals surface area contributed by atoms with E-state index in [1.54, 1.807) is 24.8 Å². The summed E-state index contributed by atoms with van der Waals surface area (Å²) in [5.41, 5.74) is 5.95. The third-order valence-electron chi connectivity index (χ3n) is 6.23. The standard InChI is InChI=1S/C20H29N7O2.C6H4F2/c1-2-28-17-9-22-19(23-10-17)26-6-3-15(4-7-26)14-29-18-11-24-20(25-12-18)27-8-5-16(21)13-27;7-5-1-2-6(8)4-3-5/h9-12,15-16H,2-8,13-14,21H2,1H3;1-4H. The molecule has 0 radical (unpaired) electrons. The van der Waals surface area contributed by atoms with Crippen molar-refractivity contribution < 1.29 is 18.3 Å². The van der Waals surface area contributed by atoms with Crippen molar-refractivity contribution in [2.75, 3.05) is 49.2 Å². The summed E-state index contributed by atoms with van der Waals surface area (Å²) in [4.78, 5) is 22.0. The predicted octanol–water partition coefficient (Wildman–Crippen LogP) is 3.46. The maximum absolute atomic E-state index is 11.9. The highest BCUT2D eigenvalue weighted by Gasteiger charge is 2.23. The Balaban J connectivity index is 0.000000342. The van der Waals surface area contributed by atoms with Crippen molar-refractivity contribution in [3.63, 3.8) is 0 Å². The van der Waals surface area contributed by atoms with Crippen molar-refractivity contribution >= 4 is 11.9 Å². The lowest BCUT2D eigenvalue weighted by Crippen LogP contribution is -2.36. The van der Waals surface area contributed by atoms with Crippen molar-refractivity contribution in [3.05, 3.63) is 60.7 Å². The van der Waals surface area contributed by atoms with E-state index in [4.69, 9.17) is 15.2 Å². The molecule has 37 heavy (non-hydrogen) atoms. The van der Waals surface area contributed by atoms with Gasteiger partial charge < -0.3 is 25.0 Å². The van der Waals surface area contributed by atoms with E-state index in [0.717, 1.165) is 87.4 Å². The van der Waals surface area contributed by atoms with Gasteiger partial charge in [-0.1, -0.05) is 0 Å². The largest absolute Gasteiger partial charge is 0.491 e. The molecule has 2 aromatic heterocycles. The average molecular weight is 514 g/mol. The lowest BCUT2D eigenvalue weighted by atomic mass is 9.98. The Kier molecular flexibility index (Phi) is 9.36. The van der Waals surface area contributed by atoms with Crippen LogP contribution in [-0.4, -0.2) is 65.4 Å². The Morgan fingerprint density at radius 2 is 1.27 bits per heavy atom. The summed E-state index contributed by atoms with van der Waals surface area (Å²) >= 11 is 0. The summed E-state index contributed by atoms with van der Waals surface area (Å²) in [7, 11) is 0. The van der Waals surface area contributed by atoms with E-state index < -0.39 is 11.6 Å². The molecule has 2 aliphatic rings. The van der Waals surface area contributed by atoms with Crippen LogP contribution in [0.4, 0.5) is 20.7 Å². The topological polar surface area (TPSA) is 103 Å². The zero-order valence-corrected chi connectivity index (χ0v) is 21.0. The third-order valence-corrected chi connectivity index (χ3v) is 6.23. The van der Waals surface area contributed by atoms with Crippen LogP contribution in [0.3, 0.4) is 0 Å². The van der Waals surface area contributed by atoms with Gasteiger partial charge in [-0.3, -0.25) is 0 Å². The number of halogens is 2. The molecule has 1 atom stereocenters. The van der Waals surface area contributed by atoms with E-state index in [0.29, 0.717) is 24.9 Å². The second-order valence-corrected chi connectivity index (χ2v) is 9.04. The highest BCUT2D eigenvalue weighted by atomic mass is 19.1. The minimum atomic E-state index is -0.411. The maximum Gasteiger partial charge on any atom is 0.225 e. The summed E-state index contributed by atoms with van der Waals surface area (Å²) in [5.74, 6) is 2.60. The zero-order valence-electron chi connectivity index (χ0n) is 21.0. The van der Waals surface area contributed by atoms with Gasteiger partial charge in [-0.15, -0.1) is 0 Å². The van der Waals surface area contributed by atoms with Gasteiger partial charge in [0.05, 0.1) is 38.0 Å². The van der Waals surface area contributed by atoms with Crippen LogP contribution in [0.5, 0.6) is 11.5 Å². The molecule has 2 aliphatic heterocycles. The van der Waals surface area contributed by atoms with Crippen LogP contribution in [0.1, 0.15) is 26.2 Å². The molecule has 2 fully saturated rings. The van der Waals surface area contributed by atoms with Crippen LogP contribution >= 0.6 is 0 Å². The number of piperidine rings is 1. The molecule has 2 saturated heterocycles. The van der Waals surface area contributed by atoms with E-state index in [2.05, 4.69) is 29.7 Å². The Labute approximate surface area is 215 Å². The van der Waals surface area contributed by atoms with Crippen LogP contribution in [0.25, 0.3) is 0 Å². The third kappa shape index (κ3) is 7.94. The molecular formula is C26H33F2N7O2. The summed E-state index contributed by atoms with van der Waals surface area (Å²) in [5, 5.41) is 0. The Morgan fingerprint density at radius 3 is 1.76 bits per heavy atom. The fourth-order valence-electron chi connectivity index (χ4n) is 4.17. The second-order valence-electron chi connectivity index (χ2n) is 9.04. The van der Waals surface area contributed by atoms with Crippen LogP contribution in [-0.2, 0) is 0 Å². The molecule has 0 aliphatic carbocycles. The van der Waals surface area contributed by atoms with Gasteiger partial charge in [0.15, 0.2) is 11.5 Å². The summed E-state index contributed by atoms with van der Waals surface area (Å²) in [6, 6.07) is 4.53. The number of rotatable bonds is 7. The highest BCUT2D eigenvalue weighted by Crippen LogP contribution is 2.23. The highest BCUT2D eigenvalue weighted by molar-refractivity contribution is 5.34. The number of anilines is 2. The quantitative estimate of drug-likeness (QED) is 0.509. The molecule has 0 amide bonds. The molecule has 1 aromatic carbocycles. The molecule has 11 heteroatoms. The van der Waals surface area contributed by atoms with E-state index in [1.165, 1.54) is 0 Å². The van der Waals surface area contributed by atoms with Crippen molar-refractivity contribution in [2.45, 2.75) is 32.2 Å². The number of benzene rings is 1. The van der Waals surface area contributed by atoms with E-state index >= 15 is 0 Å². The first kappa shape index (κ1) is 26.5. The molecule has 0 bridgehead atoms. The zero-order chi connectivity index (χ0) is 26.0. The monoisotopic (exact) mass is 513 g/mol. The summed E-state index contributed by atoms with van der Waals surface area (Å²) in [6.45, 7) is 6.82. The van der Waals surface area contributed by atoms with Crippen molar-refractivity contribution in [3.8, 4) is 11.5 Å². The van der Waals surface area contributed by atoms with Gasteiger partial charge in [-0.25, -0.2) is 28.7 Å². The first-order chi connectivity index (χ1) is 18.0. The van der Waals surface area contributed by atoms with Gasteiger partial charge in [-0.2, -0.15) is 0 Å². The molecular weight excluding hydrogens is 480 g/mol. The smallest absolute Gasteiger partial charge is 0.225 e. The van der Waals surface area contributed by atoms with Gasteiger partial charge in [-0.05, 0) is 56.4 Å². The first-order valence-electron chi connectivity index (χ1n) is 12.6. The molecule has 1 unspecified atom stereocenters. The lowest BCUT2D eigenvalue weighted by molar-refractivity contribution is 0.221. The normalized spacial score (nSPS) is 17.8. The molecule has 3 aromatic rings. The van der Waals surface area contributed by atoms with Gasteiger partial charge in [0.2, 0.25) is 11.9 Å². The Hall–Kier alpha value is -3.60. The number of hydrogen-bond donors (Lipinski definition) is 1. The van der Waals surface area contributed by atoms with Gasteiger partial charge >= 0.3 is 0 Å². The van der Waals surface area contributed by atoms with Crippen molar-refractivity contribution in [1.82, 2.24) is 19.9 Å². The van der Waals surface area contributed by atoms with E-state index in [9.17, 15) is 8.78 Å². The van der Waals surface area contributed by atoms with E-state index in [-0.39, 0.29) is 6.04 Å².